The number of allylic oxidation sites excluding steroid dienone is 12. The lowest BCUT2D eigenvalue weighted by Gasteiger charge is -1.87. The van der Waals surface area contributed by atoms with Gasteiger partial charge in [-0.2, -0.15) is 0 Å². The van der Waals surface area contributed by atoms with Crippen molar-refractivity contribution < 1.29 is 9.90 Å². The van der Waals surface area contributed by atoms with Gasteiger partial charge in [0.05, 0.1) is 0 Å². The molecule has 132 valence electrons. The first kappa shape index (κ1) is 21.9. The van der Waals surface area contributed by atoms with Gasteiger partial charge in [-0.15, -0.1) is 0 Å². The quantitative estimate of drug-likeness (QED) is 0.367. The molecule has 0 aliphatic carbocycles. The Morgan fingerprint density at radius 3 is 1.29 bits per heavy atom. The van der Waals surface area contributed by atoms with Crippen LogP contribution in [-0.2, 0) is 4.79 Å². The van der Waals surface area contributed by atoms with Gasteiger partial charge in [-0.25, -0.2) is 0 Å². The second-order valence-corrected chi connectivity index (χ2v) is 5.35. The highest BCUT2D eigenvalue weighted by molar-refractivity contribution is 5.66. The topological polar surface area (TPSA) is 37.3 Å². The third-order valence-corrected chi connectivity index (χ3v) is 3.12. The number of carboxylic acid groups (broad SMARTS) is 1. The van der Waals surface area contributed by atoms with Gasteiger partial charge >= 0.3 is 5.97 Å². The maximum absolute atomic E-state index is 10.3. The Hall–Kier alpha value is -2.09. The standard InChI is InChI=1S/C22H32O2/c1-2-3-4-5-6-7-8-9-10-11-12-13-14-15-16-17-18-19-20-21-22(23)24/h3-4,6-7,9-10,12-13,15-16,18-19H,2,5,8,11,14,17,20-21H2,1H3,(H,23,24)/b4-3+,7-6+,10-9-,13-12+,16-15-,19-18+. The maximum atomic E-state index is 10.3. The molecule has 0 amide bonds. The van der Waals surface area contributed by atoms with Crippen LogP contribution in [0.25, 0.3) is 0 Å². The first-order valence-electron chi connectivity index (χ1n) is 8.89. The molecular weight excluding hydrogens is 296 g/mol. The van der Waals surface area contributed by atoms with Gasteiger partial charge in [-0.05, 0) is 44.9 Å². The maximum Gasteiger partial charge on any atom is 0.303 e. The molecule has 0 rings (SSSR count). The van der Waals surface area contributed by atoms with Crippen LogP contribution in [0, 0.1) is 0 Å². The van der Waals surface area contributed by atoms with Crippen molar-refractivity contribution in [1.82, 2.24) is 0 Å². The Balaban J connectivity index is 3.51. The summed E-state index contributed by atoms with van der Waals surface area (Å²) in [5, 5.41) is 8.49. The minimum atomic E-state index is -0.741. The molecule has 0 heterocycles. The second-order valence-electron chi connectivity index (χ2n) is 5.35. The van der Waals surface area contributed by atoms with Crippen molar-refractivity contribution >= 4 is 5.97 Å². The lowest BCUT2D eigenvalue weighted by atomic mass is 10.2. The van der Waals surface area contributed by atoms with Gasteiger partial charge < -0.3 is 5.11 Å². The summed E-state index contributed by atoms with van der Waals surface area (Å²) in [5.74, 6) is -0.741. The smallest absolute Gasteiger partial charge is 0.303 e. The minimum Gasteiger partial charge on any atom is -0.481 e. The van der Waals surface area contributed by atoms with Gasteiger partial charge in [0.15, 0.2) is 0 Å². The van der Waals surface area contributed by atoms with Gasteiger partial charge in [0.25, 0.3) is 0 Å². The lowest BCUT2D eigenvalue weighted by Crippen LogP contribution is -1.91. The van der Waals surface area contributed by atoms with Gasteiger partial charge in [0, 0.05) is 6.42 Å². The summed E-state index contributed by atoms with van der Waals surface area (Å²) in [6, 6.07) is 0. The van der Waals surface area contributed by atoms with Gasteiger partial charge in [0.2, 0.25) is 0 Å². The summed E-state index contributed by atoms with van der Waals surface area (Å²) in [7, 11) is 0. The number of hydrogen-bond donors (Lipinski definition) is 1. The zero-order valence-corrected chi connectivity index (χ0v) is 14.9. The predicted octanol–water partition coefficient (Wildman–Crippen LogP) is 6.55. The third-order valence-electron chi connectivity index (χ3n) is 3.12. The summed E-state index contributed by atoms with van der Waals surface area (Å²) < 4.78 is 0. The van der Waals surface area contributed by atoms with Crippen LogP contribution in [-0.4, -0.2) is 11.1 Å². The SMILES string of the molecule is CC/C=C/C/C=C/C/C=C\C/C=C/C/C=C\C/C=C/CCC(=O)O. The van der Waals surface area contributed by atoms with E-state index in [1.54, 1.807) is 0 Å². The van der Waals surface area contributed by atoms with E-state index < -0.39 is 5.97 Å². The van der Waals surface area contributed by atoms with Crippen molar-refractivity contribution in [2.45, 2.75) is 58.3 Å². The van der Waals surface area contributed by atoms with E-state index in [9.17, 15) is 4.79 Å². The Kier molecular flexibility index (Phi) is 17.3. The molecular formula is C22H32O2. The second kappa shape index (κ2) is 19.0. The molecule has 2 nitrogen and oxygen atoms in total. The molecule has 0 unspecified atom stereocenters. The molecule has 0 aromatic rings. The number of carbonyl (C=O) groups is 1. The van der Waals surface area contributed by atoms with E-state index >= 15 is 0 Å². The van der Waals surface area contributed by atoms with E-state index in [4.69, 9.17) is 5.11 Å². The molecule has 0 saturated carbocycles. The van der Waals surface area contributed by atoms with E-state index in [1.807, 2.05) is 12.2 Å². The summed E-state index contributed by atoms with van der Waals surface area (Å²) in [4.78, 5) is 10.3. The van der Waals surface area contributed by atoms with E-state index in [2.05, 4.69) is 67.7 Å². The highest BCUT2D eigenvalue weighted by Crippen LogP contribution is 1.97. The van der Waals surface area contributed by atoms with Gasteiger partial charge in [0.1, 0.15) is 0 Å². The zero-order valence-electron chi connectivity index (χ0n) is 14.9. The average molecular weight is 328 g/mol. The van der Waals surface area contributed by atoms with E-state index in [0.717, 1.165) is 38.5 Å². The Bertz CT molecular complexity index is 462. The molecule has 24 heavy (non-hydrogen) atoms. The van der Waals surface area contributed by atoms with Gasteiger partial charge in [-0.1, -0.05) is 79.8 Å². The Morgan fingerprint density at radius 1 is 0.625 bits per heavy atom. The molecule has 0 bridgehead atoms. The van der Waals surface area contributed by atoms with E-state index in [1.165, 1.54) is 0 Å². The van der Waals surface area contributed by atoms with E-state index in [0.29, 0.717) is 6.42 Å². The lowest BCUT2D eigenvalue weighted by molar-refractivity contribution is -0.136. The molecule has 1 N–H and O–H groups in total. The monoisotopic (exact) mass is 328 g/mol. The van der Waals surface area contributed by atoms with Crippen LogP contribution in [0.2, 0.25) is 0 Å². The molecule has 2 heteroatoms. The van der Waals surface area contributed by atoms with Crippen LogP contribution in [0.3, 0.4) is 0 Å². The third kappa shape index (κ3) is 19.9. The fraction of sp³-hybridized carbons (Fsp3) is 0.409. The largest absolute Gasteiger partial charge is 0.481 e. The molecule has 0 saturated heterocycles. The zero-order chi connectivity index (χ0) is 17.7. The number of hydrogen-bond acceptors (Lipinski definition) is 1. The normalized spacial score (nSPS) is 13.0. The fourth-order valence-electron chi connectivity index (χ4n) is 1.85. The molecule has 0 aliphatic rings. The highest BCUT2D eigenvalue weighted by Gasteiger charge is 1.90. The van der Waals surface area contributed by atoms with Crippen molar-refractivity contribution in [1.29, 1.82) is 0 Å². The molecule has 0 aromatic carbocycles. The minimum absolute atomic E-state index is 0.210. The molecule has 0 aromatic heterocycles. The molecule has 0 aliphatic heterocycles. The summed E-state index contributed by atoms with van der Waals surface area (Å²) in [6.07, 6.45) is 32.5. The van der Waals surface area contributed by atoms with Crippen LogP contribution in [0.4, 0.5) is 0 Å². The molecule has 0 fully saturated rings. The van der Waals surface area contributed by atoms with Crippen LogP contribution in [0.1, 0.15) is 58.3 Å². The van der Waals surface area contributed by atoms with Crippen LogP contribution >= 0.6 is 0 Å². The predicted molar refractivity (Wildman–Crippen MR) is 105 cm³/mol. The highest BCUT2D eigenvalue weighted by atomic mass is 16.4. The first-order valence-corrected chi connectivity index (χ1v) is 8.89. The Morgan fingerprint density at radius 2 is 0.958 bits per heavy atom. The van der Waals surface area contributed by atoms with Crippen molar-refractivity contribution in [3.05, 3.63) is 72.9 Å². The number of rotatable bonds is 14. The summed E-state index contributed by atoms with van der Waals surface area (Å²) in [5.41, 5.74) is 0. The van der Waals surface area contributed by atoms with Crippen molar-refractivity contribution in [2.24, 2.45) is 0 Å². The van der Waals surface area contributed by atoms with Gasteiger partial charge in [-0.3, -0.25) is 4.79 Å². The first-order chi connectivity index (χ1) is 11.8. The van der Waals surface area contributed by atoms with Crippen molar-refractivity contribution in [3.63, 3.8) is 0 Å². The molecule has 0 atom stereocenters. The average Bonchev–Trinajstić information content (AvgIpc) is 2.56. The summed E-state index contributed by atoms with van der Waals surface area (Å²) >= 11 is 0. The summed E-state index contributed by atoms with van der Waals surface area (Å²) in [6.45, 7) is 2.15. The molecule has 0 radical (unpaired) electrons. The van der Waals surface area contributed by atoms with Crippen LogP contribution < -0.4 is 0 Å². The fourth-order valence-corrected chi connectivity index (χ4v) is 1.85. The van der Waals surface area contributed by atoms with E-state index in [-0.39, 0.29) is 6.42 Å². The van der Waals surface area contributed by atoms with Crippen molar-refractivity contribution in [2.75, 3.05) is 0 Å². The van der Waals surface area contributed by atoms with Crippen LogP contribution in [0.5, 0.6) is 0 Å². The Labute approximate surface area is 147 Å². The molecule has 0 spiro atoms. The number of carboxylic acids is 1. The van der Waals surface area contributed by atoms with Crippen LogP contribution in [0.15, 0.2) is 72.9 Å². The number of aliphatic carboxylic acids is 1. The van der Waals surface area contributed by atoms with Crippen molar-refractivity contribution in [3.8, 4) is 0 Å².